The van der Waals surface area contributed by atoms with E-state index < -0.39 is 18.5 Å². The van der Waals surface area contributed by atoms with Gasteiger partial charge in [-0.15, -0.1) is 0 Å². The summed E-state index contributed by atoms with van der Waals surface area (Å²) in [5.41, 5.74) is 1.47. The van der Waals surface area contributed by atoms with Crippen molar-refractivity contribution < 1.29 is 23.9 Å². The summed E-state index contributed by atoms with van der Waals surface area (Å²) >= 11 is 0. The highest BCUT2D eigenvalue weighted by atomic mass is 16.5. The number of anilines is 1. The van der Waals surface area contributed by atoms with E-state index in [0.717, 1.165) is 0 Å². The SMILES string of the molecule is CC(=O)c1cccc(NC(=O)COC(=O)c2cc(C(C)=O)cn2C)c1. The Morgan fingerprint density at radius 1 is 1.04 bits per heavy atom. The molecular weight excluding hydrogens is 324 g/mol. The zero-order valence-corrected chi connectivity index (χ0v) is 14.2. The number of benzene rings is 1. The van der Waals surface area contributed by atoms with Crippen molar-refractivity contribution in [2.24, 2.45) is 7.05 Å². The molecule has 0 aliphatic rings. The molecule has 0 aliphatic carbocycles. The number of amides is 1. The van der Waals surface area contributed by atoms with Gasteiger partial charge >= 0.3 is 5.97 Å². The Morgan fingerprint density at radius 3 is 2.32 bits per heavy atom. The fourth-order valence-corrected chi connectivity index (χ4v) is 2.18. The van der Waals surface area contributed by atoms with E-state index in [1.165, 1.54) is 30.7 Å². The number of hydrogen-bond donors (Lipinski definition) is 1. The van der Waals surface area contributed by atoms with Crippen LogP contribution in [0.1, 0.15) is 45.1 Å². The van der Waals surface area contributed by atoms with Crippen molar-refractivity contribution in [2.75, 3.05) is 11.9 Å². The van der Waals surface area contributed by atoms with Crippen molar-refractivity contribution >= 4 is 29.1 Å². The van der Waals surface area contributed by atoms with Crippen LogP contribution < -0.4 is 5.32 Å². The number of aromatic nitrogens is 1. The number of carbonyl (C=O) groups excluding carboxylic acids is 4. The van der Waals surface area contributed by atoms with Gasteiger partial charge in [0.25, 0.3) is 5.91 Å². The van der Waals surface area contributed by atoms with Gasteiger partial charge in [-0.2, -0.15) is 0 Å². The molecular formula is C18H18N2O5. The molecule has 130 valence electrons. The Bertz CT molecular complexity index is 851. The van der Waals surface area contributed by atoms with Gasteiger partial charge in [0.1, 0.15) is 5.69 Å². The molecule has 0 radical (unpaired) electrons. The first-order valence-electron chi connectivity index (χ1n) is 7.53. The molecule has 0 bridgehead atoms. The van der Waals surface area contributed by atoms with E-state index in [2.05, 4.69) is 5.32 Å². The number of nitrogens with zero attached hydrogens (tertiary/aromatic N) is 1. The third-order valence-electron chi connectivity index (χ3n) is 3.51. The number of Topliss-reactive ketones (excluding diaryl/α,β-unsaturated/α-hetero) is 2. The number of aryl methyl sites for hydroxylation is 1. The Balaban J connectivity index is 1.96. The van der Waals surface area contributed by atoms with Crippen molar-refractivity contribution in [2.45, 2.75) is 13.8 Å². The molecule has 7 heteroatoms. The van der Waals surface area contributed by atoms with E-state index in [9.17, 15) is 19.2 Å². The van der Waals surface area contributed by atoms with Gasteiger partial charge in [0.05, 0.1) is 0 Å². The minimum atomic E-state index is -0.706. The first-order chi connectivity index (χ1) is 11.8. The van der Waals surface area contributed by atoms with Gasteiger partial charge in [0, 0.05) is 30.1 Å². The number of ketones is 2. The molecule has 1 heterocycles. The maximum Gasteiger partial charge on any atom is 0.355 e. The van der Waals surface area contributed by atoms with E-state index in [-0.39, 0.29) is 17.3 Å². The topological polar surface area (TPSA) is 94.5 Å². The van der Waals surface area contributed by atoms with Gasteiger partial charge in [-0.1, -0.05) is 12.1 Å². The minimum absolute atomic E-state index is 0.118. The predicted octanol–water partition coefficient (Wildman–Crippen LogP) is 2.23. The smallest absolute Gasteiger partial charge is 0.355 e. The summed E-state index contributed by atoms with van der Waals surface area (Å²) in [7, 11) is 1.61. The van der Waals surface area contributed by atoms with E-state index in [1.807, 2.05) is 0 Å². The summed E-state index contributed by atoms with van der Waals surface area (Å²) in [4.78, 5) is 46.6. The molecule has 0 aliphatic heterocycles. The van der Waals surface area contributed by atoms with Crippen LogP contribution in [-0.4, -0.2) is 34.6 Å². The van der Waals surface area contributed by atoms with Crippen LogP contribution in [0.15, 0.2) is 36.5 Å². The largest absolute Gasteiger partial charge is 0.451 e. The zero-order valence-electron chi connectivity index (χ0n) is 14.2. The quantitative estimate of drug-likeness (QED) is 0.642. The lowest BCUT2D eigenvalue weighted by Crippen LogP contribution is -2.21. The van der Waals surface area contributed by atoms with Crippen molar-refractivity contribution in [3.63, 3.8) is 0 Å². The zero-order chi connectivity index (χ0) is 18.6. The van der Waals surface area contributed by atoms with Gasteiger partial charge in [-0.25, -0.2) is 4.79 Å². The molecule has 0 atom stereocenters. The van der Waals surface area contributed by atoms with Crippen LogP contribution in [0.3, 0.4) is 0 Å². The number of hydrogen-bond acceptors (Lipinski definition) is 5. The predicted molar refractivity (Wildman–Crippen MR) is 90.8 cm³/mol. The third kappa shape index (κ3) is 4.63. The molecule has 1 aromatic carbocycles. The molecule has 1 N–H and O–H groups in total. The maximum absolute atomic E-state index is 12.0. The molecule has 0 saturated heterocycles. The van der Waals surface area contributed by atoms with E-state index >= 15 is 0 Å². The van der Waals surface area contributed by atoms with Gasteiger partial charge in [0.15, 0.2) is 18.2 Å². The first kappa shape index (κ1) is 18.1. The van der Waals surface area contributed by atoms with Gasteiger partial charge in [0.2, 0.25) is 0 Å². The number of nitrogens with one attached hydrogen (secondary N) is 1. The molecule has 0 fully saturated rings. The van der Waals surface area contributed by atoms with Crippen molar-refractivity contribution in [1.29, 1.82) is 0 Å². The maximum atomic E-state index is 12.0. The summed E-state index contributed by atoms with van der Waals surface area (Å²) in [6.07, 6.45) is 1.52. The molecule has 0 saturated carbocycles. The second-order valence-corrected chi connectivity index (χ2v) is 5.54. The lowest BCUT2D eigenvalue weighted by Gasteiger charge is -2.08. The van der Waals surface area contributed by atoms with Crippen molar-refractivity contribution in [3.8, 4) is 0 Å². The average Bonchev–Trinajstić information content (AvgIpc) is 2.95. The van der Waals surface area contributed by atoms with Gasteiger partial charge in [-0.05, 0) is 32.0 Å². The van der Waals surface area contributed by atoms with Crippen LogP contribution in [0.4, 0.5) is 5.69 Å². The summed E-state index contributed by atoms with van der Waals surface area (Å²) in [5.74, 6) is -1.53. The van der Waals surface area contributed by atoms with E-state index in [0.29, 0.717) is 16.8 Å². The molecule has 2 aromatic rings. The lowest BCUT2D eigenvalue weighted by molar-refractivity contribution is -0.119. The highest BCUT2D eigenvalue weighted by Crippen LogP contribution is 2.12. The standard InChI is InChI=1S/C18H18N2O5/c1-11(21)13-5-4-6-15(7-13)19-17(23)10-25-18(24)16-8-14(12(2)22)9-20(16)3/h4-9H,10H2,1-3H3,(H,19,23). The number of ether oxygens (including phenoxy) is 1. The van der Waals surface area contributed by atoms with Crippen LogP contribution in [-0.2, 0) is 16.6 Å². The second-order valence-electron chi connectivity index (χ2n) is 5.54. The number of esters is 1. The fraction of sp³-hybridized carbons (Fsp3) is 0.222. The summed E-state index contributed by atoms with van der Waals surface area (Å²) in [6, 6.07) is 7.87. The molecule has 25 heavy (non-hydrogen) atoms. The van der Waals surface area contributed by atoms with Gasteiger partial charge in [-0.3, -0.25) is 14.4 Å². The molecule has 7 nitrogen and oxygen atoms in total. The van der Waals surface area contributed by atoms with Crippen LogP contribution in [0.5, 0.6) is 0 Å². The summed E-state index contributed by atoms with van der Waals surface area (Å²) < 4.78 is 6.43. The lowest BCUT2D eigenvalue weighted by atomic mass is 10.1. The normalized spacial score (nSPS) is 10.2. The van der Waals surface area contributed by atoms with Gasteiger partial charge < -0.3 is 14.6 Å². The molecule has 0 spiro atoms. The van der Waals surface area contributed by atoms with E-state index in [1.54, 1.807) is 31.3 Å². The minimum Gasteiger partial charge on any atom is -0.451 e. The Morgan fingerprint density at radius 2 is 1.72 bits per heavy atom. The average molecular weight is 342 g/mol. The number of rotatable bonds is 6. The molecule has 1 aromatic heterocycles. The second kappa shape index (κ2) is 7.57. The molecule has 2 rings (SSSR count). The summed E-state index contributed by atoms with van der Waals surface area (Å²) in [6.45, 7) is 2.34. The highest BCUT2D eigenvalue weighted by Gasteiger charge is 2.16. The van der Waals surface area contributed by atoms with Crippen LogP contribution in [0.2, 0.25) is 0 Å². The van der Waals surface area contributed by atoms with Crippen LogP contribution in [0.25, 0.3) is 0 Å². The molecule has 0 unspecified atom stereocenters. The van der Waals surface area contributed by atoms with E-state index in [4.69, 9.17) is 4.74 Å². The monoisotopic (exact) mass is 342 g/mol. The highest BCUT2D eigenvalue weighted by molar-refractivity contribution is 5.99. The summed E-state index contributed by atoms with van der Waals surface area (Å²) in [5, 5.41) is 2.55. The van der Waals surface area contributed by atoms with Crippen molar-refractivity contribution in [3.05, 3.63) is 53.3 Å². The Hall–Kier alpha value is -3.22. The Kier molecular flexibility index (Phi) is 5.49. The fourth-order valence-electron chi connectivity index (χ4n) is 2.18. The first-order valence-corrected chi connectivity index (χ1v) is 7.53. The third-order valence-corrected chi connectivity index (χ3v) is 3.51. The van der Waals surface area contributed by atoms with Crippen LogP contribution in [0, 0.1) is 0 Å². The molecule has 1 amide bonds. The Labute approximate surface area is 144 Å². The van der Waals surface area contributed by atoms with Crippen molar-refractivity contribution in [1.82, 2.24) is 4.57 Å². The number of carbonyl (C=O) groups is 4. The van der Waals surface area contributed by atoms with Crippen LogP contribution >= 0.6 is 0 Å².